The molecule has 4 aromatic rings. The number of aliphatic hydroxyl groups is 2. The second kappa shape index (κ2) is 14.1. The zero-order chi connectivity index (χ0) is 27.6. The van der Waals surface area contributed by atoms with Gasteiger partial charge >= 0.3 is 0 Å². The lowest BCUT2D eigenvalue weighted by Crippen LogP contribution is -2.65. The fourth-order valence-corrected chi connectivity index (χ4v) is 5.82. The van der Waals surface area contributed by atoms with Gasteiger partial charge in [0.15, 0.2) is 6.10 Å². The van der Waals surface area contributed by atoms with Crippen molar-refractivity contribution in [2.24, 2.45) is 0 Å². The van der Waals surface area contributed by atoms with Gasteiger partial charge < -0.3 is 29.2 Å². The number of hydrogen-bond acceptors (Lipinski definition) is 7. The number of aliphatic hydroxyl groups excluding tert-OH is 1. The zero-order valence-corrected chi connectivity index (χ0v) is 22.9. The minimum atomic E-state index is -1.86. The van der Waals surface area contributed by atoms with E-state index in [0.29, 0.717) is 0 Å². The molecule has 1 fully saturated rings. The Hall–Kier alpha value is -3.01. The Morgan fingerprint density at radius 2 is 1.02 bits per heavy atom. The number of thioether (sulfide) groups is 1. The Bertz CT molecular complexity index is 1280. The molecule has 7 heteroatoms. The SMILES string of the molecule is OC[C@H]1O[C@@](O)(Sc2ccccc2)[C@H](OCc2ccccc2)[C@@H](OCc2ccccc2)[C@H]1OCc1ccccc1. The van der Waals surface area contributed by atoms with Crippen molar-refractivity contribution >= 4 is 11.8 Å². The van der Waals surface area contributed by atoms with Gasteiger partial charge in [0.25, 0.3) is 5.12 Å². The first-order valence-electron chi connectivity index (χ1n) is 13.4. The second-order valence-corrected chi connectivity index (χ2v) is 10.9. The van der Waals surface area contributed by atoms with Crippen molar-refractivity contribution in [2.45, 2.75) is 54.3 Å². The maximum Gasteiger partial charge on any atom is 0.250 e. The van der Waals surface area contributed by atoms with E-state index in [9.17, 15) is 10.2 Å². The minimum absolute atomic E-state index is 0.229. The van der Waals surface area contributed by atoms with Crippen molar-refractivity contribution < 1.29 is 29.2 Å². The van der Waals surface area contributed by atoms with Crippen LogP contribution in [-0.4, -0.2) is 46.4 Å². The molecule has 40 heavy (non-hydrogen) atoms. The van der Waals surface area contributed by atoms with Gasteiger partial charge in [0.2, 0.25) is 0 Å². The van der Waals surface area contributed by atoms with E-state index in [0.717, 1.165) is 33.3 Å². The molecule has 6 nitrogen and oxygen atoms in total. The van der Waals surface area contributed by atoms with Gasteiger partial charge in [-0.25, -0.2) is 0 Å². The molecule has 0 saturated carbocycles. The lowest BCUT2D eigenvalue weighted by molar-refractivity contribution is -0.331. The molecule has 4 aromatic carbocycles. The Morgan fingerprint density at radius 3 is 1.50 bits per heavy atom. The summed E-state index contributed by atoms with van der Waals surface area (Å²) < 4.78 is 25.6. The molecular weight excluding hydrogens is 524 g/mol. The van der Waals surface area contributed by atoms with E-state index in [-0.39, 0.29) is 26.4 Å². The quantitative estimate of drug-likeness (QED) is 0.220. The molecule has 5 rings (SSSR count). The summed E-state index contributed by atoms with van der Waals surface area (Å²) in [6, 6.07) is 38.9. The molecule has 0 bridgehead atoms. The van der Waals surface area contributed by atoms with E-state index >= 15 is 0 Å². The fourth-order valence-electron chi connectivity index (χ4n) is 4.70. The Morgan fingerprint density at radius 1 is 0.600 bits per heavy atom. The van der Waals surface area contributed by atoms with Crippen LogP contribution in [0.25, 0.3) is 0 Å². The number of benzene rings is 4. The number of ether oxygens (including phenoxy) is 4. The van der Waals surface area contributed by atoms with Crippen LogP contribution in [0.2, 0.25) is 0 Å². The van der Waals surface area contributed by atoms with Crippen LogP contribution in [-0.2, 0) is 38.8 Å². The van der Waals surface area contributed by atoms with Crippen LogP contribution < -0.4 is 0 Å². The average Bonchev–Trinajstić information content (AvgIpc) is 3.00. The van der Waals surface area contributed by atoms with Crippen molar-refractivity contribution in [1.82, 2.24) is 0 Å². The zero-order valence-electron chi connectivity index (χ0n) is 22.1. The summed E-state index contributed by atoms with van der Waals surface area (Å²) in [5.41, 5.74) is 2.89. The van der Waals surface area contributed by atoms with Gasteiger partial charge in [-0.1, -0.05) is 121 Å². The van der Waals surface area contributed by atoms with Crippen molar-refractivity contribution in [2.75, 3.05) is 6.61 Å². The molecule has 0 spiro atoms. The third-order valence-electron chi connectivity index (χ3n) is 6.70. The Balaban J connectivity index is 1.48. The molecule has 1 aliphatic heterocycles. The normalized spacial score (nSPS) is 24.6. The van der Waals surface area contributed by atoms with Gasteiger partial charge in [-0.05, 0) is 28.8 Å². The molecule has 5 atom stereocenters. The van der Waals surface area contributed by atoms with Crippen molar-refractivity contribution in [3.63, 3.8) is 0 Å². The van der Waals surface area contributed by atoms with Crippen LogP contribution in [0.4, 0.5) is 0 Å². The molecule has 2 N–H and O–H groups in total. The summed E-state index contributed by atoms with van der Waals surface area (Å²) >= 11 is 1.13. The van der Waals surface area contributed by atoms with E-state index < -0.39 is 29.5 Å². The van der Waals surface area contributed by atoms with Crippen LogP contribution in [0.15, 0.2) is 126 Å². The van der Waals surface area contributed by atoms with Crippen LogP contribution in [0, 0.1) is 0 Å². The molecular formula is C33H34O6S. The van der Waals surface area contributed by atoms with Crippen LogP contribution in [0.5, 0.6) is 0 Å². The highest BCUT2D eigenvalue weighted by Crippen LogP contribution is 2.44. The highest BCUT2D eigenvalue weighted by molar-refractivity contribution is 8.00. The molecule has 1 heterocycles. The molecule has 1 saturated heterocycles. The third kappa shape index (κ3) is 7.38. The summed E-state index contributed by atoms with van der Waals surface area (Å²) in [5, 5.41) is 20.7. The first kappa shape index (κ1) is 28.5. The van der Waals surface area contributed by atoms with E-state index in [2.05, 4.69) is 0 Å². The lowest BCUT2D eigenvalue weighted by Gasteiger charge is -2.49. The van der Waals surface area contributed by atoms with Crippen LogP contribution in [0.1, 0.15) is 16.7 Å². The molecule has 0 radical (unpaired) electrons. The smallest absolute Gasteiger partial charge is 0.250 e. The average molecular weight is 559 g/mol. The minimum Gasteiger partial charge on any atom is -0.394 e. The van der Waals surface area contributed by atoms with E-state index in [1.807, 2.05) is 121 Å². The first-order valence-corrected chi connectivity index (χ1v) is 14.2. The molecule has 0 aliphatic carbocycles. The third-order valence-corrected chi connectivity index (χ3v) is 7.83. The lowest BCUT2D eigenvalue weighted by atomic mass is 9.97. The first-order chi connectivity index (χ1) is 19.6. The van der Waals surface area contributed by atoms with Crippen molar-refractivity contribution in [3.8, 4) is 0 Å². The van der Waals surface area contributed by atoms with Gasteiger partial charge in [-0.15, -0.1) is 0 Å². The predicted octanol–water partition coefficient (Wildman–Crippen LogP) is 5.57. The van der Waals surface area contributed by atoms with Gasteiger partial charge in [0.1, 0.15) is 18.3 Å². The van der Waals surface area contributed by atoms with Crippen LogP contribution in [0.3, 0.4) is 0 Å². The molecule has 0 unspecified atom stereocenters. The maximum atomic E-state index is 12.1. The monoisotopic (exact) mass is 558 g/mol. The summed E-state index contributed by atoms with van der Waals surface area (Å²) in [6.07, 6.45) is -3.29. The van der Waals surface area contributed by atoms with Gasteiger partial charge in [-0.2, -0.15) is 0 Å². The predicted molar refractivity (Wildman–Crippen MR) is 154 cm³/mol. The molecule has 0 amide bonds. The van der Waals surface area contributed by atoms with Crippen LogP contribution >= 0.6 is 11.8 Å². The van der Waals surface area contributed by atoms with Gasteiger partial charge in [0, 0.05) is 4.90 Å². The van der Waals surface area contributed by atoms with Gasteiger partial charge in [0.05, 0.1) is 26.4 Å². The van der Waals surface area contributed by atoms with Crippen molar-refractivity contribution in [3.05, 3.63) is 138 Å². The highest BCUT2D eigenvalue weighted by atomic mass is 32.2. The number of rotatable bonds is 12. The molecule has 0 aromatic heterocycles. The molecule has 208 valence electrons. The second-order valence-electron chi connectivity index (χ2n) is 9.62. The summed E-state index contributed by atoms with van der Waals surface area (Å²) in [4.78, 5) is 0.792. The largest absolute Gasteiger partial charge is 0.394 e. The summed E-state index contributed by atoms with van der Waals surface area (Å²) in [6.45, 7) is 0.416. The van der Waals surface area contributed by atoms with E-state index in [4.69, 9.17) is 18.9 Å². The fraction of sp³-hybridized carbons (Fsp3) is 0.273. The Kier molecular flexibility index (Phi) is 10.0. The van der Waals surface area contributed by atoms with E-state index in [1.54, 1.807) is 0 Å². The standard InChI is InChI=1S/C33H34O6S/c34-21-29-30(36-22-25-13-5-1-6-14-25)31(37-23-26-15-7-2-8-16-26)32(38-24-27-17-9-3-10-18-27)33(35,39-29)40-28-19-11-4-12-20-28/h1-20,29-32,34-35H,21-24H2/t29-,30+,31+,32-,33-/m1/s1. The van der Waals surface area contributed by atoms with E-state index in [1.165, 1.54) is 0 Å². The Labute approximate surface area is 239 Å². The molecule has 1 aliphatic rings. The number of hydrogen-bond donors (Lipinski definition) is 2. The summed E-state index contributed by atoms with van der Waals surface area (Å²) in [7, 11) is 0. The van der Waals surface area contributed by atoms with Crippen molar-refractivity contribution in [1.29, 1.82) is 0 Å². The maximum absolute atomic E-state index is 12.1. The summed E-state index contributed by atoms with van der Waals surface area (Å²) in [5.74, 6) is 0. The van der Waals surface area contributed by atoms with Gasteiger partial charge in [-0.3, -0.25) is 0 Å². The topological polar surface area (TPSA) is 77.4 Å². The highest BCUT2D eigenvalue weighted by Gasteiger charge is 2.57.